The van der Waals surface area contributed by atoms with Gasteiger partial charge in [-0.3, -0.25) is 19.3 Å². The lowest BCUT2D eigenvalue weighted by Crippen LogP contribution is -2.42. The summed E-state index contributed by atoms with van der Waals surface area (Å²) in [5, 5.41) is 0. The second-order valence-electron chi connectivity index (χ2n) is 7.88. The predicted octanol–water partition coefficient (Wildman–Crippen LogP) is 2.06. The fraction of sp³-hybridized carbons (Fsp3) is 0.476. The predicted molar refractivity (Wildman–Crippen MR) is 101 cm³/mol. The van der Waals surface area contributed by atoms with Gasteiger partial charge >= 0.3 is 6.61 Å². The lowest BCUT2D eigenvalue weighted by Gasteiger charge is -2.22. The molecular weight excluding hydrogens is 398 g/mol. The molecule has 1 saturated carbocycles. The van der Waals surface area contributed by atoms with Crippen molar-refractivity contribution in [3.05, 3.63) is 35.9 Å². The molecule has 4 rings (SSSR count). The summed E-state index contributed by atoms with van der Waals surface area (Å²) in [7, 11) is 2.88. The zero-order valence-electron chi connectivity index (χ0n) is 16.6. The first-order chi connectivity index (χ1) is 14.3. The first-order valence-corrected chi connectivity index (χ1v) is 9.69. The molecule has 1 saturated heterocycles. The van der Waals surface area contributed by atoms with Crippen molar-refractivity contribution in [2.75, 3.05) is 20.7 Å². The Morgan fingerprint density at radius 1 is 1.17 bits per heavy atom. The fourth-order valence-electron chi connectivity index (χ4n) is 4.74. The van der Waals surface area contributed by atoms with E-state index in [1.54, 1.807) is 13.1 Å². The van der Waals surface area contributed by atoms with E-state index in [1.165, 1.54) is 24.1 Å². The maximum absolute atomic E-state index is 12.7. The molecule has 4 unspecified atom stereocenters. The number of hydrogen-bond acceptors (Lipinski definition) is 5. The van der Waals surface area contributed by atoms with Gasteiger partial charge in [-0.2, -0.15) is 8.78 Å². The zero-order chi connectivity index (χ0) is 21.6. The van der Waals surface area contributed by atoms with Crippen LogP contribution in [-0.4, -0.2) is 54.8 Å². The maximum atomic E-state index is 12.7. The van der Waals surface area contributed by atoms with Gasteiger partial charge in [-0.05, 0) is 36.0 Å². The number of carbonyl (C=O) groups is 3. The minimum Gasteiger partial charge on any atom is -0.493 e. The molecule has 3 amide bonds. The van der Waals surface area contributed by atoms with Crippen molar-refractivity contribution in [2.24, 2.45) is 23.7 Å². The van der Waals surface area contributed by atoms with E-state index in [4.69, 9.17) is 4.74 Å². The molecule has 0 radical (unpaired) electrons. The van der Waals surface area contributed by atoms with Gasteiger partial charge in [-0.25, -0.2) is 0 Å². The van der Waals surface area contributed by atoms with E-state index in [2.05, 4.69) is 4.74 Å². The molecule has 0 spiro atoms. The number of amides is 3. The van der Waals surface area contributed by atoms with Crippen molar-refractivity contribution >= 4 is 17.7 Å². The first kappa shape index (κ1) is 20.3. The Balaban J connectivity index is 1.40. The normalized spacial score (nSPS) is 26.5. The SMILES string of the molecule is COc1cc(CN(C)C(=O)CN2C(=O)C3C4C=CC(C4)C3C2=O)ccc1OC(F)F. The minimum atomic E-state index is -2.98. The van der Waals surface area contributed by atoms with Crippen LogP contribution >= 0.6 is 0 Å². The van der Waals surface area contributed by atoms with Crippen molar-refractivity contribution in [3.63, 3.8) is 0 Å². The van der Waals surface area contributed by atoms with Gasteiger partial charge in [-0.15, -0.1) is 0 Å². The van der Waals surface area contributed by atoms with E-state index < -0.39 is 6.61 Å². The van der Waals surface area contributed by atoms with Crippen molar-refractivity contribution in [2.45, 2.75) is 19.6 Å². The largest absolute Gasteiger partial charge is 0.493 e. The number of ether oxygens (including phenoxy) is 2. The van der Waals surface area contributed by atoms with E-state index >= 15 is 0 Å². The third-order valence-corrected chi connectivity index (χ3v) is 6.14. The number of hydrogen-bond donors (Lipinski definition) is 0. The maximum Gasteiger partial charge on any atom is 0.387 e. The molecule has 1 aromatic carbocycles. The van der Waals surface area contributed by atoms with Gasteiger partial charge in [0.25, 0.3) is 0 Å². The molecule has 3 aliphatic rings. The Kier molecular flexibility index (Phi) is 5.21. The molecular formula is C21H22F2N2O5. The minimum absolute atomic E-state index is 0.0933. The Morgan fingerprint density at radius 3 is 2.37 bits per heavy atom. The number of carbonyl (C=O) groups excluding carboxylic acids is 3. The number of methoxy groups -OCH3 is 1. The van der Waals surface area contributed by atoms with Gasteiger partial charge in [0.2, 0.25) is 17.7 Å². The van der Waals surface area contributed by atoms with Gasteiger partial charge in [0, 0.05) is 13.6 Å². The highest BCUT2D eigenvalue weighted by Crippen LogP contribution is 2.52. The van der Waals surface area contributed by atoms with Crippen molar-refractivity contribution < 1.29 is 32.6 Å². The molecule has 160 valence electrons. The van der Waals surface area contributed by atoms with Gasteiger partial charge in [0.15, 0.2) is 11.5 Å². The number of fused-ring (bicyclic) bond motifs is 5. The Bertz CT molecular complexity index is 889. The monoisotopic (exact) mass is 420 g/mol. The molecule has 1 heterocycles. The second-order valence-corrected chi connectivity index (χ2v) is 7.88. The number of rotatable bonds is 7. The van der Waals surface area contributed by atoms with Crippen molar-refractivity contribution in [1.29, 1.82) is 0 Å². The van der Waals surface area contributed by atoms with Crippen LogP contribution in [0.4, 0.5) is 8.78 Å². The summed E-state index contributed by atoms with van der Waals surface area (Å²) < 4.78 is 34.4. The smallest absolute Gasteiger partial charge is 0.387 e. The second kappa shape index (κ2) is 7.70. The Labute approximate surface area is 172 Å². The highest BCUT2D eigenvalue weighted by molar-refractivity contribution is 6.08. The standard InChI is InChI=1S/C21H22F2N2O5/c1-24(9-11-3-6-14(30-21(22)23)15(7-11)29-2)16(26)10-25-19(27)17-12-4-5-13(8-12)18(17)20(25)28/h3-7,12-13,17-18,21H,8-10H2,1-2H3. The summed E-state index contributed by atoms with van der Waals surface area (Å²) in [5.41, 5.74) is 0.627. The zero-order valence-corrected chi connectivity index (χ0v) is 16.6. The van der Waals surface area contributed by atoms with E-state index in [-0.39, 0.29) is 66.0 Å². The van der Waals surface area contributed by atoms with Gasteiger partial charge in [-0.1, -0.05) is 18.2 Å². The molecule has 4 atom stereocenters. The van der Waals surface area contributed by atoms with E-state index in [0.717, 1.165) is 11.3 Å². The Hall–Kier alpha value is -2.97. The lowest BCUT2D eigenvalue weighted by atomic mass is 9.85. The molecule has 1 aliphatic heterocycles. The van der Waals surface area contributed by atoms with Crippen LogP contribution in [0.15, 0.2) is 30.4 Å². The molecule has 2 fully saturated rings. The first-order valence-electron chi connectivity index (χ1n) is 9.69. The highest BCUT2D eigenvalue weighted by atomic mass is 19.3. The molecule has 1 aromatic rings. The third-order valence-electron chi connectivity index (χ3n) is 6.14. The number of imide groups is 1. The number of benzene rings is 1. The van der Waals surface area contributed by atoms with Gasteiger partial charge < -0.3 is 14.4 Å². The number of allylic oxidation sites excluding steroid dienone is 2. The molecule has 9 heteroatoms. The number of alkyl halides is 2. The number of likely N-dealkylation sites (N-methyl/N-ethyl adjacent to an activating group) is 1. The van der Waals surface area contributed by atoms with Crippen molar-refractivity contribution in [3.8, 4) is 11.5 Å². The van der Waals surface area contributed by atoms with E-state index in [0.29, 0.717) is 5.56 Å². The van der Waals surface area contributed by atoms with Gasteiger partial charge in [0.1, 0.15) is 6.54 Å². The summed E-state index contributed by atoms with van der Waals surface area (Å²) in [6, 6.07) is 4.39. The number of halogens is 2. The summed E-state index contributed by atoms with van der Waals surface area (Å²) in [6.45, 7) is -3.13. The summed E-state index contributed by atoms with van der Waals surface area (Å²) in [5.74, 6) is -1.38. The topological polar surface area (TPSA) is 76.2 Å². The Morgan fingerprint density at radius 2 is 1.80 bits per heavy atom. The number of nitrogens with zero attached hydrogens (tertiary/aromatic N) is 2. The fourth-order valence-corrected chi connectivity index (χ4v) is 4.74. The molecule has 7 nitrogen and oxygen atoms in total. The molecule has 0 aromatic heterocycles. The van der Waals surface area contributed by atoms with Crippen LogP contribution in [0.3, 0.4) is 0 Å². The summed E-state index contributed by atoms with van der Waals surface area (Å²) in [4.78, 5) is 40.6. The van der Waals surface area contributed by atoms with Crippen molar-refractivity contribution in [1.82, 2.24) is 9.80 Å². The molecule has 0 N–H and O–H groups in total. The lowest BCUT2D eigenvalue weighted by molar-refractivity contribution is -0.146. The van der Waals surface area contributed by atoms with Crippen LogP contribution in [0.5, 0.6) is 11.5 Å². The van der Waals surface area contributed by atoms with Crippen LogP contribution in [0.2, 0.25) is 0 Å². The van der Waals surface area contributed by atoms with E-state index in [1.807, 2.05) is 12.2 Å². The summed E-state index contributed by atoms with van der Waals surface area (Å²) in [6.07, 6.45) is 4.84. The third kappa shape index (κ3) is 3.42. The summed E-state index contributed by atoms with van der Waals surface area (Å²) >= 11 is 0. The average molecular weight is 420 g/mol. The number of likely N-dealkylation sites (tertiary alicyclic amines) is 1. The van der Waals surface area contributed by atoms with Crippen LogP contribution in [-0.2, 0) is 20.9 Å². The molecule has 30 heavy (non-hydrogen) atoms. The quantitative estimate of drug-likeness (QED) is 0.499. The molecule has 2 aliphatic carbocycles. The highest BCUT2D eigenvalue weighted by Gasteiger charge is 2.59. The van der Waals surface area contributed by atoms with Crippen LogP contribution in [0.25, 0.3) is 0 Å². The van der Waals surface area contributed by atoms with Crippen LogP contribution in [0, 0.1) is 23.7 Å². The van der Waals surface area contributed by atoms with Crippen LogP contribution < -0.4 is 9.47 Å². The van der Waals surface area contributed by atoms with E-state index in [9.17, 15) is 23.2 Å². The van der Waals surface area contributed by atoms with Crippen LogP contribution in [0.1, 0.15) is 12.0 Å². The molecule has 2 bridgehead atoms. The van der Waals surface area contributed by atoms with Gasteiger partial charge in [0.05, 0.1) is 18.9 Å². The average Bonchev–Trinajstić information content (AvgIpc) is 3.38.